The fourth-order valence-corrected chi connectivity index (χ4v) is 2.50. The number of rotatable bonds is 5. The molecule has 1 aromatic rings. The van der Waals surface area contributed by atoms with E-state index in [1.807, 2.05) is 11.0 Å². The summed E-state index contributed by atoms with van der Waals surface area (Å²) in [6.07, 6.45) is 0.707. The second-order valence-corrected chi connectivity index (χ2v) is 5.12. The van der Waals surface area contributed by atoms with Crippen LogP contribution in [0.3, 0.4) is 0 Å². The summed E-state index contributed by atoms with van der Waals surface area (Å²) in [7, 11) is 1.66. The molecule has 0 amide bonds. The molecule has 0 spiro atoms. The maximum absolute atomic E-state index is 13.3. The van der Waals surface area contributed by atoms with Crippen molar-refractivity contribution in [3.05, 3.63) is 35.6 Å². The third-order valence-electron chi connectivity index (χ3n) is 3.50. The van der Waals surface area contributed by atoms with E-state index in [4.69, 9.17) is 10.5 Å². The van der Waals surface area contributed by atoms with Crippen molar-refractivity contribution >= 4 is 5.96 Å². The van der Waals surface area contributed by atoms with E-state index in [1.165, 1.54) is 6.07 Å². The maximum atomic E-state index is 13.3. The van der Waals surface area contributed by atoms with Gasteiger partial charge in [-0.3, -0.25) is 4.99 Å². The SMILES string of the molecule is COCCN1C(N)=NCC1(C)Cc1cccc(F)c1. The molecule has 0 aliphatic carbocycles. The van der Waals surface area contributed by atoms with E-state index in [9.17, 15) is 4.39 Å². The Hall–Kier alpha value is -1.62. The summed E-state index contributed by atoms with van der Waals surface area (Å²) >= 11 is 0. The molecule has 1 heterocycles. The molecule has 0 radical (unpaired) electrons. The minimum absolute atomic E-state index is 0.212. The molecular formula is C14H20FN3O. The Kier molecular flexibility index (Phi) is 4.04. The van der Waals surface area contributed by atoms with Crippen molar-refractivity contribution in [3.8, 4) is 0 Å². The van der Waals surface area contributed by atoms with Crippen LogP contribution in [-0.4, -0.2) is 43.2 Å². The molecular weight excluding hydrogens is 245 g/mol. The van der Waals surface area contributed by atoms with Crippen molar-refractivity contribution in [1.82, 2.24) is 4.90 Å². The maximum Gasteiger partial charge on any atom is 0.191 e. The molecule has 5 heteroatoms. The Balaban J connectivity index is 2.13. The minimum Gasteiger partial charge on any atom is -0.383 e. The number of guanidine groups is 1. The highest BCUT2D eigenvalue weighted by Crippen LogP contribution is 2.26. The lowest BCUT2D eigenvalue weighted by Crippen LogP contribution is -2.52. The van der Waals surface area contributed by atoms with Crippen molar-refractivity contribution < 1.29 is 9.13 Å². The number of aliphatic imine (C=N–C) groups is 1. The average molecular weight is 265 g/mol. The van der Waals surface area contributed by atoms with Gasteiger partial charge in [0, 0.05) is 13.7 Å². The highest BCUT2D eigenvalue weighted by molar-refractivity contribution is 5.81. The minimum atomic E-state index is -0.212. The van der Waals surface area contributed by atoms with Gasteiger partial charge in [0.1, 0.15) is 5.82 Å². The number of halogens is 1. The lowest BCUT2D eigenvalue weighted by atomic mass is 9.92. The number of hydrogen-bond acceptors (Lipinski definition) is 4. The van der Waals surface area contributed by atoms with E-state index in [2.05, 4.69) is 11.9 Å². The Morgan fingerprint density at radius 1 is 1.53 bits per heavy atom. The van der Waals surface area contributed by atoms with Crippen LogP contribution in [0.25, 0.3) is 0 Å². The van der Waals surface area contributed by atoms with E-state index < -0.39 is 0 Å². The van der Waals surface area contributed by atoms with Gasteiger partial charge < -0.3 is 15.4 Å². The van der Waals surface area contributed by atoms with Crippen LogP contribution in [-0.2, 0) is 11.2 Å². The quantitative estimate of drug-likeness (QED) is 0.875. The second kappa shape index (κ2) is 5.57. The first-order chi connectivity index (χ1) is 9.05. The van der Waals surface area contributed by atoms with Gasteiger partial charge in [0.25, 0.3) is 0 Å². The van der Waals surface area contributed by atoms with Gasteiger partial charge in [-0.1, -0.05) is 12.1 Å². The van der Waals surface area contributed by atoms with Crippen LogP contribution < -0.4 is 5.73 Å². The monoisotopic (exact) mass is 265 g/mol. The zero-order valence-electron chi connectivity index (χ0n) is 11.4. The van der Waals surface area contributed by atoms with Gasteiger partial charge in [0.2, 0.25) is 0 Å². The number of methoxy groups -OCH3 is 1. The first-order valence-corrected chi connectivity index (χ1v) is 6.36. The summed E-state index contributed by atoms with van der Waals surface area (Å²) in [5.74, 6) is 0.326. The highest BCUT2D eigenvalue weighted by atomic mass is 19.1. The van der Waals surface area contributed by atoms with Crippen molar-refractivity contribution in [3.63, 3.8) is 0 Å². The topological polar surface area (TPSA) is 50.9 Å². The molecule has 0 saturated carbocycles. The number of nitrogens with two attached hydrogens (primary N) is 1. The lowest BCUT2D eigenvalue weighted by Gasteiger charge is -2.36. The molecule has 19 heavy (non-hydrogen) atoms. The van der Waals surface area contributed by atoms with E-state index in [-0.39, 0.29) is 11.4 Å². The normalized spacial score (nSPS) is 22.7. The van der Waals surface area contributed by atoms with Crippen LogP contribution in [0, 0.1) is 5.82 Å². The number of hydrogen-bond donors (Lipinski definition) is 1. The Labute approximate surface area is 113 Å². The molecule has 1 aromatic carbocycles. The van der Waals surface area contributed by atoms with Crippen LogP contribution in [0.4, 0.5) is 4.39 Å². The molecule has 0 aromatic heterocycles. The standard InChI is InChI=1S/C14H20FN3O/c1-14(9-11-4-3-5-12(15)8-11)10-17-13(16)18(14)6-7-19-2/h3-5,8H,6-7,9-10H2,1-2H3,(H2,16,17). The van der Waals surface area contributed by atoms with Gasteiger partial charge in [-0.2, -0.15) is 0 Å². The van der Waals surface area contributed by atoms with E-state index >= 15 is 0 Å². The molecule has 2 N–H and O–H groups in total. The molecule has 0 saturated heterocycles. The molecule has 4 nitrogen and oxygen atoms in total. The molecule has 2 rings (SSSR count). The fraction of sp³-hybridized carbons (Fsp3) is 0.500. The van der Waals surface area contributed by atoms with Gasteiger partial charge in [-0.15, -0.1) is 0 Å². The second-order valence-electron chi connectivity index (χ2n) is 5.12. The van der Waals surface area contributed by atoms with Crippen LogP contribution in [0.15, 0.2) is 29.3 Å². The van der Waals surface area contributed by atoms with Gasteiger partial charge in [0.05, 0.1) is 18.7 Å². The first-order valence-electron chi connectivity index (χ1n) is 6.36. The molecule has 1 unspecified atom stereocenters. The zero-order valence-corrected chi connectivity index (χ0v) is 11.4. The Bertz CT molecular complexity index is 478. The third-order valence-corrected chi connectivity index (χ3v) is 3.50. The van der Waals surface area contributed by atoms with Crippen molar-refractivity contribution in [2.24, 2.45) is 10.7 Å². The average Bonchev–Trinajstić information content (AvgIpc) is 2.63. The number of ether oxygens (including phenoxy) is 1. The first kappa shape index (κ1) is 13.8. The van der Waals surface area contributed by atoms with Crippen molar-refractivity contribution in [1.29, 1.82) is 0 Å². The third kappa shape index (κ3) is 3.04. The van der Waals surface area contributed by atoms with Gasteiger partial charge in [0.15, 0.2) is 5.96 Å². The van der Waals surface area contributed by atoms with Crippen LogP contribution >= 0.6 is 0 Å². The number of nitrogens with zero attached hydrogens (tertiary/aromatic N) is 2. The Morgan fingerprint density at radius 3 is 3.00 bits per heavy atom. The molecule has 1 aliphatic heterocycles. The molecule has 1 aliphatic rings. The van der Waals surface area contributed by atoms with E-state index in [0.29, 0.717) is 32.1 Å². The summed E-state index contributed by atoms with van der Waals surface area (Å²) in [4.78, 5) is 6.36. The van der Waals surface area contributed by atoms with Crippen LogP contribution in [0.5, 0.6) is 0 Å². The zero-order chi connectivity index (χ0) is 13.9. The van der Waals surface area contributed by atoms with Gasteiger partial charge in [-0.25, -0.2) is 4.39 Å². The van der Waals surface area contributed by atoms with E-state index in [1.54, 1.807) is 19.2 Å². The van der Waals surface area contributed by atoms with Crippen molar-refractivity contribution in [2.45, 2.75) is 18.9 Å². The molecule has 1 atom stereocenters. The lowest BCUT2D eigenvalue weighted by molar-refractivity contribution is 0.137. The summed E-state index contributed by atoms with van der Waals surface area (Å²) in [6.45, 7) is 4.00. The van der Waals surface area contributed by atoms with E-state index in [0.717, 1.165) is 5.56 Å². The smallest absolute Gasteiger partial charge is 0.191 e. The summed E-state index contributed by atoms with van der Waals surface area (Å²) in [6, 6.07) is 6.67. The largest absolute Gasteiger partial charge is 0.383 e. The fourth-order valence-electron chi connectivity index (χ4n) is 2.50. The summed E-state index contributed by atoms with van der Waals surface area (Å²) in [5.41, 5.74) is 6.67. The predicted molar refractivity (Wildman–Crippen MR) is 73.6 cm³/mol. The molecule has 104 valence electrons. The van der Waals surface area contributed by atoms with Crippen molar-refractivity contribution in [2.75, 3.05) is 26.8 Å². The summed E-state index contributed by atoms with van der Waals surface area (Å²) in [5, 5.41) is 0. The van der Waals surface area contributed by atoms with Gasteiger partial charge >= 0.3 is 0 Å². The molecule has 0 bridgehead atoms. The summed E-state index contributed by atoms with van der Waals surface area (Å²) < 4.78 is 18.4. The predicted octanol–water partition coefficient (Wildman–Crippen LogP) is 1.40. The van der Waals surface area contributed by atoms with Gasteiger partial charge in [-0.05, 0) is 31.0 Å². The van der Waals surface area contributed by atoms with Crippen LogP contribution in [0.2, 0.25) is 0 Å². The highest BCUT2D eigenvalue weighted by Gasteiger charge is 2.37. The Morgan fingerprint density at radius 2 is 2.32 bits per heavy atom. The number of benzene rings is 1. The van der Waals surface area contributed by atoms with Crippen LogP contribution in [0.1, 0.15) is 12.5 Å². The molecule has 0 fully saturated rings.